The monoisotopic (exact) mass is 354 g/mol. The van der Waals surface area contributed by atoms with Crippen LogP contribution in [0.2, 0.25) is 10.0 Å². The van der Waals surface area contributed by atoms with E-state index in [4.69, 9.17) is 27.6 Å². The van der Waals surface area contributed by atoms with Gasteiger partial charge in [-0.05, 0) is 30.3 Å². The molecule has 0 fully saturated rings. The van der Waals surface area contributed by atoms with Gasteiger partial charge in [-0.3, -0.25) is 9.59 Å². The first-order valence-corrected chi connectivity index (χ1v) is 7.74. The van der Waals surface area contributed by atoms with Crippen LogP contribution in [0.1, 0.15) is 19.1 Å². The number of rotatable bonds is 6. The maximum absolute atomic E-state index is 12.0. The summed E-state index contributed by atoms with van der Waals surface area (Å²) in [6.45, 7) is 2.09. The summed E-state index contributed by atoms with van der Waals surface area (Å²) in [4.78, 5) is 25.2. The number of nitrogens with one attached hydrogen (secondary N) is 1. The van der Waals surface area contributed by atoms with Crippen molar-refractivity contribution >= 4 is 40.7 Å². The molecule has 0 bridgehead atoms. The highest BCUT2D eigenvalue weighted by molar-refractivity contribution is 6.42. The van der Waals surface area contributed by atoms with Crippen LogP contribution in [0.3, 0.4) is 0 Å². The van der Waals surface area contributed by atoms with Gasteiger partial charge in [-0.15, -0.1) is 0 Å². The van der Waals surface area contributed by atoms with Crippen LogP contribution in [-0.4, -0.2) is 23.3 Å². The molecule has 5 nitrogen and oxygen atoms in total. The van der Waals surface area contributed by atoms with Gasteiger partial charge in [0.1, 0.15) is 5.76 Å². The third kappa shape index (κ3) is 5.30. The van der Waals surface area contributed by atoms with Crippen LogP contribution in [0.4, 0.5) is 5.69 Å². The third-order valence-corrected chi connectivity index (χ3v) is 3.92. The second-order valence-electron chi connectivity index (χ2n) is 4.95. The predicted octanol–water partition coefficient (Wildman–Crippen LogP) is 3.96. The van der Waals surface area contributed by atoms with E-state index in [0.29, 0.717) is 34.6 Å². The number of hydrogen-bond acceptors (Lipinski definition) is 3. The van der Waals surface area contributed by atoms with E-state index >= 15 is 0 Å². The number of benzene rings is 1. The van der Waals surface area contributed by atoms with Gasteiger partial charge >= 0.3 is 0 Å². The van der Waals surface area contributed by atoms with Crippen molar-refractivity contribution in [1.82, 2.24) is 4.90 Å². The van der Waals surface area contributed by atoms with Crippen LogP contribution in [0.15, 0.2) is 41.0 Å². The van der Waals surface area contributed by atoms with Gasteiger partial charge in [0.25, 0.3) is 0 Å². The molecule has 0 unspecified atom stereocenters. The molecule has 2 rings (SSSR count). The number of nitrogens with zero attached hydrogens (tertiary/aromatic N) is 1. The first-order valence-electron chi connectivity index (χ1n) is 6.98. The Morgan fingerprint density at radius 2 is 2.00 bits per heavy atom. The second kappa shape index (κ2) is 8.04. The Bertz CT molecular complexity index is 687. The van der Waals surface area contributed by atoms with Crippen LogP contribution < -0.4 is 5.32 Å². The van der Waals surface area contributed by atoms with Crippen molar-refractivity contribution in [2.75, 3.05) is 11.9 Å². The van der Waals surface area contributed by atoms with Gasteiger partial charge in [-0.25, -0.2) is 0 Å². The highest BCUT2D eigenvalue weighted by atomic mass is 35.5. The second-order valence-corrected chi connectivity index (χ2v) is 5.76. The maximum Gasteiger partial charge on any atom is 0.226 e. The molecular weight excluding hydrogens is 339 g/mol. The molecule has 0 spiro atoms. The number of carbonyl (C=O) groups is 2. The molecule has 2 amide bonds. The van der Waals surface area contributed by atoms with E-state index in [-0.39, 0.29) is 18.2 Å². The normalized spacial score (nSPS) is 10.4. The van der Waals surface area contributed by atoms with Crippen molar-refractivity contribution in [3.05, 3.63) is 52.4 Å². The molecule has 0 aliphatic rings. The van der Waals surface area contributed by atoms with Crippen LogP contribution in [0, 0.1) is 0 Å². The molecule has 1 N–H and O–H groups in total. The van der Waals surface area contributed by atoms with Crippen LogP contribution in [0.5, 0.6) is 0 Å². The molecule has 23 heavy (non-hydrogen) atoms. The van der Waals surface area contributed by atoms with E-state index in [0.717, 1.165) is 0 Å². The topological polar surface area (TPSA) is 62.6 Å². The molecule has 1 heterocycles. The van der Waals surface area contributed by atoms with Gasteiger partial charge < -0.3 is 14.6 Å². The minimum Gasteiger partial charge on any atom is -0.467 e. The number of amides is 2. The summed E-state index contributed by atoms with van der Waals surface area (Å²) in [6, 6.07) is 8.39. The largest absolute Gasteiger partial charge is 0.467 e. The molecular formula is C16H16Cl2N2O3. The SMILES string of the molecule is CC(=O)N(CCC(=O)Nc1ccc(Cl)c(Cl)c1)Cc1ccco1. The van der Waals surface area contributed by atoms with Gasteiger partial charge in [0.2, 0.25) is 11.8 Å². The molecule has 7 heteroatoms. The molecule has 0 atom stereocenters. The van der Waals surface area contributed by atoms with Gasteiger partial charge in [-0.1, -0.05) is 23.2 Å². The van der Waals surface area contributed by atoms with Crippen molar-refractivity contribution in [3.63, 3.8) is 0 Å². The van der Waals surface area contributed by atoms with Crippen LogP contribution in [0.25, 0.3) is 0 Å². The van der Waals surface area contributed by atoms with E-state index in [2.05, 4.69) is 5.32 Å². The number of anilines is 1. The number of halogens is 2. The molecule has 0 aliphatic heterocycles. The Hall–Kier alpha value is -1.98. The summed E-state index contributed by atoms with van der Waals surface area (Å²) < 4.78 is 5.22. The Kier molecular flexibility index (Phi) is 6.07. The third-order valence-electron chi connectivity index (χ3n) is 3.18. The molecule has 1 aromatic carbocycles. The minimum absolute atomic E-state index is 0.122. The fraction of sp³-hybridized carbons (Fsp3) is 0.250. The molecule has 0 saturated heterocycles. The van der Waals surface area contributed by atoms with Crippen molar-refractivity contribution < 1.29 is 14.0 Å². The van der Waals surface area contributed by atoms with Crippen molar-refractivity contribution in [3.8, 4) is 0 Å². The fourth-order valence-corrected chi connectivity index (χ4v) is 2.27. The summed E-state index contributed by atoms with van der Waals surface area (Å²) in [5.41, 5.74) is 0.560. The predicted molar refractivity (Wildman–Crippen MR) is 89.5 cm³/mol. The zero-order valence-electron chi connectivity index (χ0n) is 12.5. The quantitative estimate of drug-likeness (QED) is 0.853. The number of furan rings is 1. The average Bonchev–Trinajstić information content (AvgIpc) is 3.00. The lowest BCUT2D eigenvalue weighted by Gasteiger charge is -2.19. The van der Waals surface area contributed by atoms with E-state index in [1.54, 1.807) is 41.5 Å². The summed E-state index contributed by atoms with van der Waals surface area (Å²) in [5, 5.41) is 3.51. The average molecular weight is 355 g/mol. The van der Waals surface area contributed by atoms with Gasteiger partial charge in [0.15, 0.2) is 0 Å². The molecule has 0 aliphatic carbocycles. The molecule has 122 valence electrons. The summed E-state index contributed by atoms with van der Waals surface area (Å²) in [7, 11) is 0. The summed E-state index contributed by atoms with van der Waals surface area (Å²) >= 11 is 11.7. The summed E-state index contributed by atoms with van der Waals surface area (Å²) in [6.07, 6.45) is 1.71. The summed E-state index contributed by atoms with van der Waals surface area (Å²) in [5.74, 6) is 0.336. The lowest BCUT2D eigenvalue weighted by molar-refractivity contribution is -0.130. The lowest BCUT2D eigenvalue weighted by atomic mass is 10.3. The zero-order chi connectivity index (χ0) is 16.8. The van der Waals surface area contributed by atoms with Crippen molar-refractivity contribution in [2.45, 2.75) is 19.9 Å². The number of hydrogen-bond donors (Lipinski definition) is 1. The van der Waals surface area contributed by atoms with Gasteiger partial charge in [0.05, 0.1) is 22.9 Å². The Morgan fingerprint density at radius 1 is 1.22 bits per heavy atom. The van der Waals surface area contributed by atoms with E-state index < -0.39 is 0 Å². The fourth-order valence-electron chi connectivity index (χ4n) is 1.97. The molecule has 0 radical (unpaired) electrons. The molecule has 0 saturated carbocycles. The first-order chi connectivity index (χ1) is 11.0. The highest BCUT2D eigenvalue weighted by Crippen LogP contribution is 2.25. The van der Waals surface area contributed by atoms with Crippen LogP contribution in [-0.2, 0) is 16.1 Å². The zero-order valence-corrected chi connectivity index (χ0v) is 14.0. The molecule has 1 aromatic heterocycles. The van der Waals surface area contributed by atoms with Crippen molar-refractivity contribution in [1.29, 1.82) is 0 Å². The molecule has 2 aromatic rings. The Morgan fingerprint density at radius 3 is 2.61 bits per heavy atom. The van der Waals surface area contributed by atoms with Crippen molar-refractivity contribution in [2.24, 2.45) is 0 Å². The Labute approximate surface area is 144 Å². The van der Waals surface area contributed by atoms with Crippen LogP contribution >= 0.6 is 23.2 Å². The minimum atomic E-state index is -0.214. The Balaban J connectivity index is 1.88. The van der Waals surface area contributed by atoms with Gasteiger partial charge in [0, 0.05) is 25.6 Å². The van der Waals surface area contributed by atoms with E-state index in [1.165, 1.54) is 6.92 Å². The highest BCUT2D eigenvalue weighted by Gasteiger charge is 2.13. The number of carbonyl (C=O) groups excluding carboxylic acids is 2. The maximum atomic E-state index is 12.0. The van der Waals surface area contributed by atoms with E-state index in [9.17, 15) is 9.59 Å². The van der Waals surface area contributed by atoms with Gasteiger partial charge in [-0.2, -0.15) is 0 Å². The smallest absolute Gasteiger partial charge is 0.226 e. The lowest BCUT2D eigenvalue weighted by Crippen LogP contribution is -2.31. The first kappa shape index (κ1) is 17.4. The van der Waals surface area contributed by atoms with E-state index in [1.807, 2.05) is 0 Å². The standard InChI is InChI=1S/C16H16Cl2N2O3/c1-11(21)20(10-13-3-2-8-23-13)7-6-16(22)19-12-4-5-14(17)15(18)9-12/h2-5,8-9H,6-7,10H2,1H3,(H,19,22).